The minimum atomic E-state index is -0.0938. The summed E-state index contributed by atoms with van der Waals surface area (Å²) >= 11 is 0. The Morgan fingerprint density at radius 1 is 1.45 bits per heavy atom. The van der Waals surface area contributed by atoms with E-state index in [4.69, 9.17) is 0 Å². The van der Waals surface area contributed by atoms with E-state index >= 15 is 0 Å². The number of nitrogens with one attached hydrogen (secondary N) is 1. The minimum absolute atomic E-state index is 0.0255. The summed E-state index contributed by atoms with van der Waals surface area (Å²) in [6.45, 7) is 12.7. The third kappa shape index (κ3) is 4.83. The summed E-state index contributed by atoms with van der Waals surface area (Å²) in [6, 6.07) is 0. The first-order valence-electron chi connectivity index (χ1n) is 8.42. The molecular weight excluding hydrogens is 276 g/mol. The molecule has 1 aliphatic rings. The molecule has 1 amide bonds. The standard InChI is InChI=1S/C17H30N4O/c1-14-7-5-9-20(12-14)10-6-8-18-16(22)15-11-19-21(13-15)17(2,3)4/h11,13-14H,5-10,12H2,1-4H3,(H,18,22). The Labute approximate surface area is 134 Å². The van der Waals surface area contributed by atoms with Gasteiger partial charge in [0.15, 0.2) is 0 Å². The SMILES string of the molecule is CC1CCCN(CCCNC(=O)c2cnn(C(C)(C)C)c2)C1. The van der Waals surface area contributed by atoms with E-state index in [9.17, 15) is 4.79 Å². The molecule has 0 saturated carbocycles. The van der Waals surface area contributed by atoms with Crippen LogP contribution >= 0.6 is 0 Å². The molecule has 1 unspecified atom stereocenters. The first-order chi connectivity index (χ1) is 10.4. The largest absolute Gasteiger partial charge is 0.352 e. The van der Waals surface area contributed by atoms with E-state index in [0.29, 0.717) is 5.56 Å². The topological polar surface area (TPSA) is 50.2 Å². The van der Waals surface area contributed by atoms with Crippen LogP contribution in [0.1, 0.15) is 57.3 Å². The molecule has 1 atom stereocenters. The number of likely N-dealkylation sites (tertiary alicyclic amines) is 1. The van der Waals surface area contributed by atoms with Crippen molar-refractivity contribution in [3.05, 3.63) is 18.0 Å². The quantitative estimate of drug-likeness (QED) is 0.850. The van der Waals surface area contributed by atoms with Gasteiger partial charge in [-0.2, -0.15) is 5.10 Å². The van der Waals surface area contributed by atoms with Crippen molar-refractivity contribution >= 4 is 5.91 Å². The molecule has 0 bridgehead atoms. The summed E-state index contributed by atoms with van der Waals surface area (Å²) in [5.41, 5.74) is 0.547. The van der Waals surface area contributed by atoms with Gasteiger partial charge in [0.05, 0.1) is 17.3 Å². The molecule has 1 fully saturated rings. The minimum Gasteiger partial charge on any atom is -0.352 e. The van der Waals surface area contributed by atoms with Crippen LogP contribution < -0.4 is 5.32 Å². The molecule has 0 spiro atoms. The van der Waals surface area contributed by atoms with Crippen molar-refractivity contribution in [1.29, 1.82) is 0 Å². The van der Waals surface area contributed by atoms with Crippen molar-refractivity contribution in [2.24, 2.45) is 5.92 Å². The molecule has 2 rings (SSSR count). The number of aromatic nitrogens is 2. The predicted molar refractivity (Wildman–Crippen MR) is 89.0 cm³/mol. The molecule has 124 valence electrons. The molecular formula is C17H30N4O. The number of piperidine rings is 1. The Morgan fingerprint density at radius 3 is 2.86 bits per heavy atom. The van der Waals surface area contributed by atoms with Crippen molar-refractivity contribution in [2.75, 3.05) is 26.2 Å². The average molecular weight is 306 g/mol. The molecule has 1 aliphatic heterocycles. The van der Waals surface area contributed by atoms with Gasteiger partial charge in [-0.15, -0.1) is 0 Å². The van der Waals surface area contributed by atoms with Gasteiger partial charge in [-0.1, -0.05) is 6.92 Å². The number of carbonyl (C=O) groups excluding carboxylic acids is 1. The van der Waals surface area contributed by atoms with Gasteiger partial charge in [0, 0.05) is 19.3 Å². The maximum atomic E-state index is 12.1. The summed E-state index contributed by atoms with van der Waals surface area (Å²) in [7, 11) is 0. The van der Waals surface area contributed by atoms with Gasteiger partial charge in [0.1, 0.15) is 0 Å². The highest BCUT2D eigenvalue weighted by Crippen LogP contribution is 2.15. The van der Waals surface area contributed by atoms with Crippen molar-refractivity contribution in [1.82, 2.24) is 20.0 Å². The first kappa shape index (κ1) is 17.0. The predicted octanol–water partition coefficient (Wildman–Crippen LogP) is 2.49. The third-order valence-corrected chi connectivity index (χ3v) is 4.21. The smallest absolute Gasteiger partial charge is 0.254 e. The Balaban J connectivity index is 1.70. The molecule has 0 radical (unpaired) electrons. The Bertz CT molecular complexity index is 489. The van der Waals surface area contributed by atoms with Crippen LogP contribution in [0.25, 0.3) is 0 Å². The summed E-state index contributed by atoms with van der Waals surface area (Å²) in [6.07, 6.45) is 7.13. The zero-order valence-electron chi connectivity index (χ0n) is 14.4. The van der Waals surface area contributed by atoms with Gasteiger partial charge in [-0.3, -0.25) is 9.48 Å². The van der Waals surface area contributed by atoms with E-state index < -0.39 is 0 Å². The number of amides is 1. The second-order valence-electron chi connectivity index (χ2n) is 7.50. The maximum Gasteiger partial charge on any atom is 0.254 e. The van der Waals surface area contributed by atoms with Crippen molar-refractivity contribution in [3.8, 4) is 0 Å². The Hall–Kier alpha value is -1.36. The maximum absolute atomic E-state index is 12.1. The molecule has 1 aromatic rings. The van der Waals surface area contributed by atoms with Crippen LogP contribution in [0.15, 0.2) is 12.4 Å². The lowest BCUT2D eigenvalue weighted by Gasteiger charge is -2.30. The van der Waals surface area contributed by atoms with Crippen LogP contribution in [-0.2, 0) is 5.54 Å². The highest BCUT2D eigenvalue weighted by Gasteiger charge is 2.17. The van der Waals surface area contributed by atoms with Crippen LogP contribution in [0.5, 0.6) is 0 Å². The van der Waals surface area contributed by atoms with E-state index in [2.05, 4.69) is 43.0 Å². The lowest BCUT2D eigenvalue weighted by atomic mass is 10.0. The molecule has 0 aliphatic carbocycles. The van der Waals surface area contributed by atoms with Crippen LogP contribution in [0, 0.1) is 5.92 Å². The lowest BCUT2D eigenvalue weighted by molar-refractivity contribution is 0.0950. The Kier molecular flexibility index (Phi) is 5.62. The van der Waals surface area contributed by atoms with E-state index in [1.807, 2.05) is 10.9 Å². The highest BCUT2D eigenvalue weighted by atomic mass is 16.1. The van der Waals surface area contributed by atoms with E-state index in [0.717, 1.165) is 25.4 Å². The van der Waals surface area contributed by atoms with Gasteiger partial charge < -0.3 is 10.2 Å². The van der Waals surface area contributed by atoms with Crippen LogP contribution in [0.3, 0.4) is 0 Å². The average Bonchev–Trinajstić information content (AvgIpc) is 2.93. The second kappa shape index (κ2) is 7.27. The fourth-order valence-electron chi connectivity index (χ4n) is 2.90. The molecule has 5 nitrogen and oxygen atoms in total. The summed E-state index contributed by atoms with van der Waals surface area (Å²) in [5.74, 6) is 0.786. The van der Waals surface area contributed by atoms with Crippen molar-refractivity contribution < 1.29 is 4.79 Å². The number of hydrogen-bond donors (Lipinski definition) is 1. The van der Waals surface area contributed by atoms with Crippen LogP contribution in [0.2, 0.25) is 0 Å². The normalized spacial score (nSPS) is 20.1. The fourth-order valence-corrected chi connectivity index (χ4v) is 2.90. The first-order valence-corrected chi connectivity index (χ1v) is 8.42. The molecule has 5 heteroatoms. The summed E-state index contributed by atoms with van der Waals surface area (Å²) in [5, 5.41) is 7.26. The molecule has 1 aromatic heterocycles. The van der Waals surface area contributed by atoms with Gasteiger partial charge in [-0.25, -0.2) is 0 Å². The molecule has 1 N–H and O–H groups in total. The zero-order valence-corrected chi connectivity index (χ0v) is 14.4. The number of hydrogen-bond acceptors (Lipinski definition) is 3. The third-order valence-electron chi connectivity index (χ3n) is 4.21. The van der Waals surface area contributed by atoms with Crippen LogP contribution in [-0.4, -0.2) is 46.8 Å². The number of carbonyl (C=O) groups is 1. The van der Waals surface area contributed by atoms with Crippen molar-refractivity contribution in [3.63, 3.8) is 0 Å². The van der Waals surface area contributed by atoms with Crippen molar-refractivity contribution in [2.45, 2.75) is 52.5 Å². The van der Waals surface area contributed by atoms with E-state index in [1.165, 1.54) is 25.9 Å². The van der Waals surface area contributed by atoms with Gasteiger partial charge in [0.25, 0.3) is 5.91 Å². The zero-order chi connectivity index (χ0) is 16.2. The second-order valence-corrected chi connectivity index (χ2v) is 7.50. The molecule has 0 aromatic carbocycles. The van der Waals surface area contributed by atoms with Crippen LogP contribution in [0.4, 0.5) is 0 Å². The number of rotatable bonds is 5. The van der Waals surface area contributed by atoms with Gasteiger partial charge in [0.2, 0.25) is 0 Å². The molecule has 22 heavy (non-hydrogen) atoms. The molecule has 2 heterocycles. The van der Waals surface area contributed by atoms with E-state index in [-0.39, 0.29) is 11.4 Å². The molecule has 1 saturated heterocycles. The number of nitrogens with zero attached hydrogens (tertiary/aromatic N) is 3. The summed E-state index contributed by atoms with van der Waals surface area (Å²) < 4.78 is 1.83. The van der Waals surface area contributed by atoms with Gasteiger partial charge >= 0.3 is 0 Å². The van der Waals surface area contributed by atoms with E-state index in [1.54, 1.807) is 6.20 Å². The summed E-state index contributed by atoms with van der Waals surface area (Å²) in [4.78, 5) is 14.6. The fraction of sp³-hybridized carbons (Fsp3) is 0.765. The Morgan fingerprint density at radius 2 is 2.23 bits per heavy atom. The van der Waals surface area contributed by atoms with Gasteiger partial charge in [-0.05, 0) is 59.0 Å². The monoisotopic (exact) mass is 306 g/mol. The lowest BCUT2D eigenvalue weighted by Crippen LogP contribution is -2.36. The highest BCUT2D eigenvalue weighted by molar-refractivity contribution is 5.93.